The molecular formula is C13H20ClN4O2+. The lowest BCUT2D eigenvalue weighted by Crippen LogP contribution is -2.63. The molecule has 0 heterocycles. The monoisotopic (exact) mass is 299 g/mol. The van der Waals surface area contributed by atoms with Crippen LogP contribution in [0.25, 0.3) is 0 Å². The van der Waals surface area contributed by atoms with E-state index in [0.717, 1.165) is 12.0 Å². The van der Waals surface area contributed by atoms with Gasteiger partial charge in [0.1, 0.15) is 0 Å². The molecule has 5 N–H and O–H groups in total. The van der Waals surface area contributed by atoms with E-state index in [2.05, 4.69) is 10.2 Å². The first-order valence-electron chi connectivity index (χ1n) is 6.35. The van der Waals surface area contributed by atoms with E-state index in [1.807, 2.05) is 13.8 Å². The Kier molecular flexibility index (Phi) is 6.66. The summed E-state index contributed by atoms with van der Waals surface area (Å²) in [4.78, 5) is 0. The predicted octanol–water partition coefficient (Wildman–Crippen LogP) is 0.215. The Morgan fingerprint density at radius 3 is 2.70 bits per heavy atom. The Hall–Kier alpha value is -1.95. The minimum Gasteiger partial charge on any atom is -0.490 e. The minimum absolute atomic E-state index is 0.0553. The molecule has 7 heteroatoms. The molecule has 0 aromatic heterocycles. The number of rotatable bonds is 7. The number of guanidine groups is 1. The van der Waals surface area contributed by atoms with Gasteiger partial charge in [0.25, 0.3) is 5.96 Å². The number of nitrogens with one attached hydrogen (secondary N) is 1. The topological polar surface area (TPSA) is 96.8 Å². The molecule has 0 aliphatic carbocycles. The summed E-state index contributed by atoms with van der Waals surface area (Å²) < 4.78 is 11.1. The molecule has 0 amide bonds. The highest BCUT2D eigenvalue weighted by atomic mass is 35.5. The molecule has 1 rings (SSSR count). The summed E-state index contributed by atoms with van der Waals surface area (Å²) in [5, 5.41) is 6.74. The van der Waals surface area contributed by atoms with E-state index in [9.17, 15) is 0 Å². The maximum atomic E-state index is 6.21. The van der Waals surface area contributed by atoms with Gasteiger partial charge in [-0.05, 0) is 25.5 Å². The number of nitrogens with two attached hydrogens (primary N) is 2. The van der Waals surface area contributed by atoms with Crippen LogP contribution in [0.2, 0.25) is 5.02 Å². The van der Waals surface area contributed by atoms with E-state index in [4.69, 9.17) is 32.5 Å². The van der Waals surface area contributed by atoms with Crippen LogP contribution in [0.3, 0.4) is 0 Å². The second-order valence-corrected chi connectivity index (χ2v) is 4.33. The van der Waals surface area contributed by atoms with Crippen molar-refractivity contribution in [3.63, 3.8) is 0 Å². The number of ether oxygens (including phenoxy) is 2. The van der Waals surface area contributed by atoms with Crippen molar-refractivity contribution in [2.45, 2.75) is 20.3 Å². The van der Waals surface area contributed by atoms with E-state index in [0.29, 0.717) is 29.7 Å². The van der Waals surface area contributed by atoms with Crippen LogP contribution < -0.4 is 26.0 Å². The fourth-order valence-corrected chi connectivity index (χ4v) is 1.73. The highest BCUT2D eigenvalue weighted by molar-refractivity contribution is 6.32. The zero-order valence-corrected chi connectivity index (χ0v) is 12.4. The van der Waals surface area contributed by atoms with Crippen molar-refractivity contribution >= 4 is 23.8 Å². The van der Waals surface area contributed by atoms with Crippen molar-refractivity contribution in [3.05, 3.63) is 22.7 Å². The van der Waals surface area contributed by atoms with Gasteiger partial charge in [-0.2, -0.15) is 0 Å². The van der Waals surface area contributed by atoms with E-state index >= 15 is 0 Å². The third-order valence-electron chi connectivity index (χ3n) is 2.21. The maximum Gasteiger partial charge on any atom is 0.256 e. The molecule has 20 heavy (non-hydrogen) atoms. The fraction of sp³-hybridized carbons (Fsp3) is 0.385. The zero-order valence-electron chi connectivity index (χ0n) is 11.6. The fourth-order valence-electron chi connectivity index (χ4n) is 1.46. The van der Waals surface area contributed by atoms with Gasteiger partial charge in [0.2, 0.25) is 6.21 Å². The lowest BCUT2D eigenvalue weighted by Gasteiger charge is -2.13. The molecule has 0 bridgehead atoms. The molecule has 0 saturated heterocycles. The zero-order chi connectivity index (χ0) is 15.0. The summed E-state index contributed by atoms with van der Waals surface area (Å²) in [6.07, 6.45) is 2.50. The van der Waals surface area contributed by atoms with E-state index in [1.54, 1.807) is 18.3 Å². The predicted molar refractivity (Wildman–Crippen MR) is 80.3 cm³/mol. The molecule has 1 aromatic rings. The Labute approximate surface area is 123 Å². The Morgan fingerprint density at radius 2 is 2.10 bits per heavy atom. The van der Waals surface area contributed by atoms with Crippen LogP contribution in [0.4, 0.5) is 0 Å². The van der Waals surface area contributed by atoms with Crippen molar-refractivity contribution in [3.8, 4) is 11.5 Å². The average molecular weight is 300 g/mol. The highest BCUT2D eigenvalue weighted by Gasteiger charge is 2.12. The van der Waals surface area contributed by atoms with Crippen LogP contribution in [0.15, 0.2) is 17.2 Å². The van der Waals surface area contributed by atoms with Gasteiger partial charge in [-0.3, -0.25) is 0 Å². The number of hydrogen-bond acceptors (Lipinski definition) is 3. The normalized spacial score (nSPS) is 10.6. The molecule has 0 aliphatic heterocycles. The summed E-state index contributed by atoms with van der Waals surface area (Å²) in [6.45, 7) is 5.01. The van der Waals surface area contributed by atoms with Gasteiger partial charge in [-0.15, -0.1) is 5.10 Å². The van der Waals surface area contributed by atoms with Crippen molar-refractivity contribution in [2.75, 3.05) is 13.2 Å². The van der Waals surface area contributed by atoms with E-state index in [1.165, 1.54) is 0 Å². The number of hydrazone groups is 1. The lowest BCUT2D eigenvalue weighted by molar-refractivity contribution is -0.456. The molecule has 0 fully saturated rings. The second-order valence-electron chi connectivity index (χ2n) is 3.92. The molecule has 0 radical (unpaired) electrons. The summed E-state index contributed by atoms with van der Waals surface area (Å²) in [6, 6.07) is 3.54. The number of halogens is 1. The standard InChI is InChI=1S/C13H19ClN4O2/c1-3-5-20-12-10(14)6-9(7-11(12)19-4-2)8-17-18-13(15)16/h6-8H,3-5H2,1-2H3,(H4,15,16,18)/p+1/b17-8-. The first-order chi connectivity index (χ1) is 9.58. The molecule has 6 nitrogen and oxygen atoms in total. The largest absolute Gasteiger partial charge is 0.490 e. The Bertz CT molecular complexity index is 499. The second kappa shape index (κ2) is 8.27. The van der Waals surface area contributed by atoms with Gasteiger partial charge in [-0.1, -0.05) is 18.5 Å². The Morgan fingerprint density at radius 1 is 1.35 bits per heavy atom. The Balaban J connectivity index is 3.05. The minimum atomic E-state index is -0.0553. The maximum absolute atomic E-state index is 6.21. The third-order valence-corrected chi connectivity index (χ3v) is 2.49. The van der Waals surface area contributed by atoms with Crippen LogP contribution in [0.5, 0.6) is 11.5 Å². The molecule has 0 aliphatic rings. The van der Waals surface area contributed by atoms with Crippen molar-refractivity contribution in [2.24, 2.45) is 16.6 Å². The van der Waals surface area contributed by atoms with Crippen molar-refractivity contribution in [1.82, 2.24) is 0 Å². The lowest BCUT2D eigenvalue weighted by atomic mass is 10.2. The van der Waals surface area contributed by atoms with Crippen LogP contribution in [-0.4, -0.2) is 25.4 Å². The quantitative estimate of drug-likeness (QED) is 0.381. The van der Waals surface area contributed by atoms with E-state index in [-0.39, 0.29) is 5.96 Å². The van der Waals surface area contributed by atoms with Crippen LogP contribution in [-0.2, 0) is 0 Å². The van der Waals surface area contributed by atoms with Crippen LogP contribution >= 0.6 is 11.6 Å². The first kappa shape index (κ1) is 16.1. The molecule has 0 unspecified atom stereocenters. The number of hydrogen-bond donors (Lipinski definition) is 3. The average Bonchev–Trinajstić information content (AvgIpc) is 2.38. The molecule has 0 spiro atoms. The third kappa shape index (κ3) is 4.97. The van der Waals surface area contributed by atoms with Crippen LogP contribution in [0, 0.1) is 0 Å². The molecule has 1 aromatic carbocycles. The molecule has 0 atom stereocenters. The summed E-state index contributed by atoms with van der Waals surface area (Å²) in [5.74, 6) is 1.08. The van der Waals surface area contributed by atoms with Gasteiger partial charge < -0.3 is 20.9 Å². The van der Waals surface area contributed by atoms with Gasteiger partial charge in [0, 0.05) is 10.7 Å². The number of nitrogens with zero attached hydrogens (tertiary/aromatic N) is 1. The molecular weight excluding hydrogens is 280 g/mol. The van der Waals surface area contributed by atoms with Crippen molar-refractivity contribution in [1.29, 1.82) is 0 Å². The highest BCUT2D eigenvalue weighted by Crippen LogP contribution is 2.36. The summed E-state index contributed by atoms with van der Waals surface area (Å²) in [7, 11) is 0. The summed E-state index contributed by atoms with van der Waals surface area (Å²) >= 11 is 6.21. The number of benzene rings is 1. The molecule has 110 valence electrons. The first-order valence-corrected chi connectivity index (χ1v) is 6.72. The summed E-state index contributed by atoms with van der Waals surface area (Å²) in [5.41, 5.74) is 11.2. The van der Waals surface area contributed by atoms with Gasteiger partial charge in [0.15, 0.2) is 11.5 Å². The van der Waals surface area contributed by atoms with Gasteiger partial charge >= 0.3 is 0 Å². The van der Waals surface area contributed by atoms with Gasteiger partial charge in [0.05, 0.1) is 18.2 Å². The molecule has 0 saturated carbocycles. The SMILES string of the molecule is CCCOc1c(Cl)cc(/C=[NH+]\N=C(N)N)cc1OCC. The smallest absolute Gasteiger partial charge is 0.256 e. The van der Waals surface area contributed by atoms with Crippen LogP contribution in [0.1, 0.15) is 25.8 Å². The van der Waals surface area contributed by atoms with E-state index < -0.39 is 0 Å². The van der Waals surface area contributed by atoms with Gasteiger partial charge in [-0.25, -0.2) is 0 Å². The van der Waals surface area contributed by atoms with Crippen molar-refractivity contribution < 1.29 is 14.6 Å².